The van der Waals surface area contributed by atoms with Gasteiger partial charge in [0, 0.05) is 48.7 Å². The summed E-state index contributed by atoms with van der Waals surface area (Å²) in [7, 11) is 0. The molecule has 37 heavy (non-hydrogen) atoms. The van der Waals surface area contributed by atoms with E-state index in [4.69, 9.17) is 11.5 Å². The fourth-order valence-corrected chi connectivity index (χ4v) is 4.47. The van der Waals surface area contributed by atoms with Gasteiger partial charge >= 0.3 is 0 Å². The van der Waals surface area contributed by atoms with Gasteiger partial charge in [-0.25, -0.2) is 4.99 Å². The number of hydrogen-bond acceptors (Lipinski definition) is 4. The van der Waals surface area contributed by atoms with Gasteiger partial charge in [0.2, 0.25) is 0 Å². The normalized spacial score (nSPS) is 14.6. The number of benzene rings is 4. The van der Waals surface area contributed by atoms with Gasteiger partial charge in [0.1, 0.15) is 11.7 Å². The molecule has 0 bridgehead atoms. The van der Waals surface area contributed by atoms with Gasteiger partial charge in [-0.1, -0.05) is 48.5 Å². The molecule has 186 valence electrons. The number of aliphatic imine (C=N–C) groups is 2. The topological polar surface area (TPSA) is 83.2 Å². The van der Waals surface area contributed by atoms with E-state index in [-0.39, 0.29) is 0 Å². The molecule has 0 radical (unpaired) electrons. The molecule has 6 heteroatoms. The van der Waals surface area contributed by atoms with Crippen molar-refractivity contribution in [3.63, 3.8) is 0 Å². The quantitative estimate of drug-likeness (QED) is 0.285. The Labute approximate surface area is 218 Å². The Bertz CT molecular complexity index is 1340. The summed E-state index contributed by atoms with van der Waals surface area (Å²) in [6.07, 6.45) is 0. The zero-order valence-corrected chi connectivity index (χ0v) is 20.9. The van der Waals surface area contributed by atoms with Crippen molar-refractivity contribution in [3.8, 4) is 0 Å². The Balaban J connectivity index is 1.16. The van der Waals surface area contributed by atoms with Crippen molar-refractivity contribution in [1.29, 1.82) is 0 Å². The SMILES string of the molecule is NC(=NCc1ccccc1)c1ccc(N2CCN(c3ccc(C(N)=Nc4ccccc4)cc3)CC2)cc1. The van der Waals surface area contributed by atoms with Crippen LogP contribution in [-0.2, 0) is 6.54 Å². The number of rotatable bonds is 7. The van der Waals surface area contributed by atoms with Crippen LogP contribution in [0.15, 0.2) is 119 Å². The first-order chi connectivity index (χ1) is 18.2. The number of piperazine rings is 1. The van der Waals surface area contributed by atoms with Crippen LogP contribution < -0.4 is 21.3 Å². The molecule has 1 aliphatic rings. The number of amidine groups is 2. The van der Waals surface area contributed by atoms with Gasteiger partial charge in [-0.3, -0.25) is 4.99 Å². The molecule has 0 atom stereocenters. The van der Waals surface area contributed by atoms with E-state index >= 15 is 0 Å². The Morgan fingerprint density at radius 3 is 1.54 bits per heavy atom. The summed E-state index contributed by atoms with van der Waals surface area (Å²) in [6.45, 7) is 4.40. The average Bonchev–Trinajstić information content (AvgIpc) is 2.97. The Hall–Kier alpha value is -4.58. The lowest BCUT2D eigenvalue weighted by Gasteiger charge is -2.37. The highest BCUT2D eigenvalue weighted by atomic mass is 15.3. The van der Waals surface area contributed by atoms with Gasteiger partial charge in [-0.15, -0.1) is 0 Å². The minimum Gasteiger partial charge on any atom is -0.383 e. The molecule has 5 rings (SSSR count). The van der Waals surface area contributed by atoms with Crippen molar-refractivity contribution >= 4 is 28.7 Å². The third-order valence-corrected chi connectivity index (χ3v) is 6.62. The molecule has 0 aromatic heterocycles. The van der Waals surface area contributed by atoms with Crippen LogP contribution in [0.1, 0.15) is 16.7 Å². The predicted molar refractivity (Wildman–Crippen MR) is 155 cm³/mol. The van der Waals surface area contributed by atoms with Gasteiger partial charge in [-0.2, -0.15) is 0 Å². The highest BCUT2D eigenvalue weighted by Crippen LogP contribution is 2.22. The highest BCUT2D eigenvalue weighted by molar-refractivity contribution is 5.99. The van der Waals surface area contributed by atoms with Crippen LogP contribution in [0.3, 0.4) is 0 Å². The first-order valence-electron chi connectivity index (χ1n) is 12.6. The first kappa shape index (κ1) is 24.1. The van der Waals surface area contributed by atoms with Crippen molar-refractivity contribution in [2.45, 2.75) is 6.54 Å². The second-order valence-corrected chi connectivity index (χ2v) is 9.09. The lowest BCUT2D eigenvalue weighted by molar-refractivity contribution is 0.653. The Kier molecular flexibility index (Phi) is 7.46. The maximum Gasteiger partial charge on any atom is 0.131 e. The third-order valence-electron chi connectivity index (χ3n) is 6.62. The van der Waals surface area contributed by atoms with Gasteiger partial charge in [-0.05, 0) is 66.2 Å². The van der Waals surface area contributed by atoms with Crippen molar-refractivity contribution in [3.05, 3.63) is 126 Å². The van der Waals surface area contributed by atoms with Gasteiger partial charge < -0.3 is 21.3 Å². The first-order valence-corrected chi connectivity index (χ1v) is 12.6. The molecule has 0 spiro atoms. The molecule has 0 unspecified atom stereocenters. The van der Waals surface area contributed by atoms with E-state index in [1.807, 2.05) is 60.7 Å². The van der Waals surface area contributed by atoms with Gasteiger partial charge in [0.05, 0.1) is 12.2 Å². The summed E-state index contributed by atoms with van der Waals surface area (Å²) in [5, 5.41) is 0. The summed E-state index contributed by atoms with van der Waals surface area (Å²) in [4.78, 5) is 13.9. The molecular weight excluding hydrogens is 456 g/mol. The summed E-state index contributed by atoms with van der Waals surface area (Å²) in [5.74, 6) is 1.09. The molecule has 0 saturated carbocycles. The van der Waals surface area contributed by atoms with Crippen molar-refractivity contribution in [2.75, 3.05) is 36.0 Å². The van der Waals surface area contributed by atoms with Crippen LogP contribution in [-0.4, -0.2) is 37.9 Å². The monoisotopic (exact) mass is 488 g/mol. The standard InChI is InChI=1S/C31H32N6/c32-30(34-23-24-7-3-1-4-8-24)25-11-15-28(16-12-25)36-19-21-37(22-20-36)29-17-13-26(14-18-29)31(33)35-27-9-5-2-6-10-27/h1-18H,19-23H2,(H2,32,34)(H2,33,35). The van der Waals surface area contributed by atoms with E-state index in [1.54, 1.807) is 0 Å². The van der Waals surface area contributed by atoms with Crippen LogP contribution in [0, 0.1) is 0 Å². The summed E-state index contributed by atoms with van der Waals surface area (Å²) >= 11 is 0. The number of hydrogen-bond donors (Lipinski definition) is 2. The molecule has 4 N–H and O–H groups in total. The molecule has 4 aromatic carbocycles. The molecule has 1 aliphatic heterocycles. The zero-order chi connectivity index (χ0) is 25.5. The van der Waals surface area contributed by atoms with Gasteiger partial charge in [0.25, 0.3) is 0 Å². The number of para-hydroxylation sites is 1. The minimum absolute atomic E-state index is 0.525. The van der Waals surface area contributed by atoms with E-state index in [0.29, 0.717) is 18.2 Å². The minimum atomic E-state index is 0.525. The van der Waals surface area contributed by atoms with Crippen LogP contribution in [0.2, 0.25) is 0 Å². The van der Waals surface area contributed by atoms with Crippen LogP contribution >= 0.6 is 0 Å². The molecular formula is C31H32N6. The fourth-order valence-electron chi connectivity index (χ4n) is 4.47. The van der Waals surface area contributed by atoms with Crippen LogP contribution in [0.4, 0.5) is 17.1 Å². The van der Waals surface area contributed by atoms with E-state index in [9.17, 15) is 0 Å². The summed E-state index contributed by atoms with van der Waals surface area (Å²) < 4.78 is 0. The third kappa shape index (κ3) is 6.16. The fraction of sp³-hybridized carbons (Fsp3) is 0.161. The number of nitrogens with zero attached hydrogens (tertiary/aromatic N) is 4. The van der Waals surface area contributed by atoms with Crippen molar-refractivity contribution in [1.82, 2.24) is 0 Å². The van der Waals surface area contributed by atoms with Crippen molar-refractivity contribution < 1.29 is 0 Å². The van der Waals surface area contributed by atoms with E-state index in [0.717, 1.165) is 48.6 Å². The second-order valence-electron chi connectivity index (χ2n) is 9.09. The molecule has 1 saturated heterocycles. The van der Waals surface area contributed by atoms with Crippen molar-refractivity contribution in [2.24, 2.45) is 21.5 Å². The van der Waals surface area contributed by atoms with Gasteiger partial charge in [0.15, 0.2) is 0 Å². The zero-order valence-electron chi connectivity index (χ0n) is 20.9. The smallest absolute Gasteiger partial charge is 0.131 e. The number of anilines is 2. The van der Waals surface area contributed by atoms with E-state index < -0.39 is 0 Å². The molecule has 4 aromatic rings. The summed E-state index contributed by atoms with van der Waals surface area (Å²) in [5.41, 5.74) is 18.8. The predicted octanol–water partition coefficient (Wildman–Crippen LogP) is 4.96. The largest absolute Gasteiger partial charge is 0.383 e. The maximum absolute atomic E-state index is 6.24. The van der Waals surface area contributed by atoms with Crippen LogP contribution in [0.5, 0.6) is 0 Å². The number of nitrogens with two attached hydrogens (primary N) is 2. The molecule has 6 nitrogen and oxygen atoms in total. The highest BCUT2D eigenvalue weighted by Gasteiger charge is 2.18. The molecule has 1 fully saturated rings. The molecule has 1 heterocycles. The molecule has 0 aliphatic carbocycles. The second kappa shape index (κ2) is 11.4. The maximum atomic E-state index is 6.24. The Morgan fingerprint density at radius 1 is 0.568 bits per heavy atom. The molecule has 0 amide bonds. The van der Waals surface area contributed by atoms with Crippen LogP contribution in [0.25, 0.3) is 0 Å². The van der Waals surface area contributed by atoms with E-state index in [1.165, 1.54) is 11.4 Å². The Morgan fingerprint density at radius 2 is 1.03 bits per heavy atom. The summed E-state index contributed by atoms with van der Waals surface area (Å²) in [6, 6.07) is 36.7. The van der Waals surface area contributed by atoms with E-state index in [2.05, 4.69) is 68.3 Å². The lowest BCUT2D eigenvalue weighted by atomic mass is 10.1. The lowest BCUT2D eigenvalue weighted by Crippen LogP contribution is -2.46. The average molecular weight is 489 g/mol.